The number of nitrogens with one attached hydrogen (secondary N) is 2. The molecule has 6 rings (SSSR count). The fraction of sp³-hybridized carbons (Fsp3) is 0.795. The highest BCUT2D eigenvalue weighted by Gasteiger charge is 2.50. The minimum Gasteiger partial charge on any atom is -0.384 e. The van der Waals surface area contributed by atoms with Gasteiger partial charge in [0.05, 0.1) is 30.5 Å². The quantitative estimate of drug-likeness (QED) is 0.0132. The summed E-state index contributed by atoms with van der Waals surface area (Å²) in [5.74, 6) is -4.76. The molecule has 1 aliphatic heterocycles. The monoisotopic (exact) mass is 1810 g/mol. The number of hydrogen-bond donors (Lipinski definition) is 6. The smallest absolute Gasteiger partial charge is 0.287 e. The Morgan fingerprint density at radius 3 is 1.24 bits per heavy atom. The summed E-state index contributed by atoms with van der Waals surface area (Å²) in [6.07, 6.45) is 71.1. The second-order valence-corrected chi connectivity index (χ2v) is 34.7. The maximum atomic E-state index is 15.9. The van der Waals surface area contributed by atoms with E-state index < -0.39 is 58.6 Å². The SMILES string of the molecule is CC(C)(O)c1cnnn1[C@H]1C[C@@H](C(=O)NC2(C(=O)C(N)=O)CCCCC2)N(C(=O)[C@H](CC2CCCCC2)c2c(C(N)=O)ccc3cc(C(=O)NCCCCCCCCCCCCCCCCCCCCCCCCCCCCCCCCCCCCCCCCCCCCCCCCCOOOOOOOOOOOOOOOOOOOOOOOO)ccc23)C1. The van der Waals surface area contributed by atoms with Crippen LogP contribution >= 0.6 is 0 Å². The van der Waals surface area contributed by atoms with Gasteiger partial charge in [-0.15, -0.1) is 5.10 Å². The first-order chi connectivity index (χ1) is 62.1. The van der Waals surface area contributed by atoms with Crippen LogP contribution in [0, 0.1) is 5.92 Å². The van der Waals surface area contributed by atoms with Gasteiger partial charge in [-0.1, -0.05) is 358 Å². The van der Waals surface area contributed by atoms with Crippen molar-refractivity contribution in [3.8, 4) is 0 Å². The van der Waals surface area contributed by atoms with E-state index in [2.05, 4.69) is 132 Å². The number of Topliss-reactive ketones (excluding diaryl/α,β-unsaturated/α-hetero) is 1. The van der Waals surface area contributed by atoms with Crippen molar-refractivity contribution in [2.45, 2.75) is 422 Å². The third-order valence-corrected chi connectivity index (χ3v) is 24.5. The molecule has 726 valence electrons. The van der Waals surface area contributed by atoms with Crippen molar-refractivity contribution in [1.82, 2.24) is 30.5 Å². The van der Waals surface area contributed by atoms with Crippen LogP contribution in [-0.2, 0) is 141 Å². The number of nitrogens with zero attached hydrogens (tertiary/aromatic N) is 4. The van der Waals surface area contributed by atoms with Crippen LogP contribution in [0.5, 0.6) is 0 Å². The Morgan fingerprint density at radius 1 is 0.480 bits per heavy atom. The number of nitrogens with two attached hydrogens (primary N) is 2. The van der Waals surface area contributed by atoms with Crippen molar-refractivity contribution >= 4 is 46.1 Å². The number of unbranched alkanes of at least 4 members (excludes halogenated alkanes) is 46. The molecule has 3 fully saturated rings. The van der Waals surface area contributed by atoms with Crippen molar-refractivity contribution in [2.75, 3.05) is 19.7 Å². The summed E-state index contributed by atoms with van der Waals surface area (Å²) in [5, 5.41) is 115. The molecule has 0 bridgehead atoms. The second-order valence-electron chi connectivity index (χ2n) is 34.7. The Hall–Kier alpha value is -6.14. The molecular weight excluding hydrogens is 1660 g/mol. The highest BCUT2D eigenvalue weighted by Crippen LogP contribution is 2.43. The van der Waals surface area contributed by atoms with Crippen molar-refractivity contribution in [3.63, 3.8) is 0 Å². The molecule has 39 nitrogen and oxygen atoms in total. The summed E-state index contributed by atoms with van der Waals surface area (Å²) >= 11 is 0. The lowest BCUT2D eigenvalue weighted by molar-refractivity contribution is -0.899. The van der Waals surface area contributed by atoms with Crippen molar-refractivity contribution in [1.29, 1.82) is 0 Å². The van der Waals surface area contributed by atoms with Crippen molar-refractivity contribution in [3.05, 3.63) is 58.9 Å². The first-order valence-corrected chi connectivity index (χ1v) is 47.3. The highest BCUT2D eigenvalue weighted by atomic mass is 18.0. The number of carbonyl (C=O) groups is 6. The molecule has 2 aromatic carbocycles. The number of amides is 5. The van der Waals surface area contributed by atoms with Gasteiger partial charge in [-0.2, -0.15) is 0 Å². The van der Waals surface area contributed by atoms with E-state index in [-0.39, 0.29) is 49.8 Å². The van der Waals surface area contributed by atoms with Crippen LogP contribution in [0.1, 0.15) is 437 Å². The molecule has 39 heteroatoms. The lowest BCUT2D eigenvalue weighted by Crippen LogP contribution is -2.62. The van der Waals surface area contributed by atoms with E-state index in [0.29, 0.717) is 53.4 Å². The Morgan fingerprint density at radius 2 is 0.858 bits per heavy atom. The van der Waals surface area contributed by atoms with Gasteiger partial charge in [-0.05, 0) is 167 Å². The maximum Gasteiger partial charge on any atom is 0.287 e. The largest absolute Gasteiger partial charge is 0.384 e. The molecule has 0 spiro atoms. The van der Waals surface area contributed by atoms with Gasteiger partial charge < -0.3 is 32.1 Å². The number of hydrogen-bond acceptors (Lipinski definition) is 33. The van der Waals surface area contributed by atoms with Crippen LogP contribution < -0.4 is 22.1 Å². The topological polar surface area (TPSA) is 465 Å². The number of primary amides is 2. The Kier molecular flexibility index (Phi) is 60.9. The van der Waals surface area contributed by atoms with Crippen molar-refractivity contribution in [2.24, 2.45) is 17.4 Å². The second kappa shape index (κ2) is 70.6. The average Bonchev–Trinajstić information content (AvgIpc) is 1.73. The minimum absolute atomic E-state index is 0.00748. The van der Waals surface area contributed by atoms with Crippen LogP contribution in [0.15, 0.2) is 36.5 Å². The van der Waals surface area contributed by atoms with E-state index in [1.54, 1.807) is 48.9 Å². The molecule has 2 heterocycles. The van der Waals surface area contributed by atoms with Gasteiger partial charge in [0.2, 0.25) is 23.5 Å². The van der Waals surface area contributed by atoms with Gasteiger partial charge >= 0.3 is 0 Å². The van der Waals surface area contributed by atoms with Gasteiger partial charge in [0.15, 0.2) is 0 Å². The number of fused-ring (bicyclic) bond motifs is 1. The van der Waals surface area contributed by atoms with E-state index in [9.17, 15) is 29.1 Å². The third-order valence-electron chi connectivity index (χ3n) is 24.5. The number of likely N-dealkylation sites (tertiary alicyclic amines) is 1. The van der Waals surface area contributed by atoms with Gasteiger partial charge in [0.25, 0.3) is 11.8 Å². The molecule has 5 amide bonds. The summed E-state index contributed by atoms with van der Waals surface area (Å²) in [7, 11) is 0. The average molecular weight is 1810 g/mol. The van der Waals surface area contributed by atoms with Crippen LogP contribution in [0.3, 0.4) is 0 Å². The fourth-order valence-corrected chi connectivity index (χ4v) is 17.8. The van der Waals surface area contributed by atoms with E-state index in [0.717, 1.165) is 77.0 Å². The predicted molar refractivity (Wildman–Crippen MR) is 451 cm³/mol. The zero-order chi connectivity index (χ0) is 90.6. The predicted octanol–water partition coefficient (Wildman–Crippen LogP) is 19.6. The molecule has 0 radical (unpaired) electrons. The lowest BCUT2D eigenvalue weighted by atomic mass is 9.77. The number of benzene rings is 2. The van der Waals surface area contributed by atoms with Gasteiger partial charge in [-0.3, -0.25) is 28.8 Å². The molecule has 1 saturated heterocycles. The van der Waals surface area contributed by atoms with Gasteiger partial charge in [0.1, 0.15) is 17.2 Å². The number of aromatic nitrogens is 3. The molecule has 3 aromatic rings. The number of carbonyl (C=O) groups excluding carboxylic acids is 6. The maximum absolute atomic E-state index is 15.9. The van der Waals surface area contributed by atoms with Crippen LogP contribution in [-0.4, -0.2) is 96.9 Å². The normalized spacial score (nSPS) is 15.8. The van der Waals surface area contributed by atoms with Crippen LogP contribution in [0.4, 0.5) is 0 Å². The van der Waals surface area contributed by atoms with Gasteiger partial charge in [0, 0.05) is 60.9 Å². The van der Waals surface area contributed by atoms with E-state index in [4.69, 9.17) is 21.6 Å². The summed E-state index contributed by atoms with van der Waals surface area (Å²) in [6, 6.07) is 6.96. The summed E-state index contributed by atoms with van der Waals surface area (Å²) in [6.45, 7) is 4.03. The zero-order valence-corrected chi connectivity index (χ0v) is 75.3. The molecule has 2 aliphatic carbocycles. The zero-order valence-electron chi connectivity index (χ0n) is 75.3. The summed E-state index contributed by atoms with van der Waals surface area (Å²) < 4.78 is 1.55. The van der Waals surface area contributed by atoms with Crippen LogP contribution in [0.25, 0.3) is 10.8 Å². The number of ketones is 1. The molecule has 0 unspecified atom stereocenters. The number of rotatable bonds is 84. The first-order valence-electron chi connectivity index (χ1n) is 47.3. The Bertz CT molecular complexity index is 3350. The van der Waals surface area contributed by atoms with Gasteiger partial charge in [-0.25, -0.2) is 14.8 Å². The Balaban J connectivity index is 0.654. The first kappa shape index (κ1) is 110. The molecule has 3 aliphatic rings. The fourth-order valence-electron chi connectivity index (χ4n) is 17.8. The molecule has 3 atom stereocenters. The number of aliphatic hydroxyl groups is 1. The van der Waals surface area contributed by atoms with E-state index in [1.165, 1.54) is 274 Å². The summed E-state index contributed by atoms with van der Waals surface area (Å²) in [4.78, 5) is 90.5. The molecule has 127 heavy (non-hydrogen) atoms. The Labute approximate surface area is 746 Å². The van der Waals surface area contributed by atoms with Crippen molar-refractivity contribution < 1.29 is 155 Å². The molecule has 2 saturated carbocycles. The molecular formula is C88H148N8O31. The lowest BCUT2D eigenvalue weighted by Gasteiger charge is -2.38. The van der Waals surface area contributed by atoms with Crippen LogP contribution in [0.2, 0.25) is 0 Å². The van der Waals surface area contributed by atoms with E-state index >= 15 is 4.79 Å². The molecule has 8 N–H and O–H groups in total. The third kappa shape index (κ3) is 47.7. The minimum atomic E-state index is -1.52. The van der Waals surface area contributed by atoms with E-state index in [1.807, 2.05) is 0 Å². The highest BCUT2D eigenvalue weighted by molar-refractivity contribution is 6.39. The standard InChI is InChI=1S/C88H148N8O31/c1-87(2,103)79-69-92-94-96(79)74-68-78(85(101)93-88(81(97)83(90)99)62-52-49-53-63-88)95(70-74)86(102)77(66-71-56-50-48-51-57-71)80-75-60-59-73(67-72(75)58-61-76(80)82(89)98)84(100)91-64-54-46-44-42-40-38-36-34-32-30-28-26-24-22-20-18-16-14-12-10-8-6-4-3-5-7-9-11-13-15-17-19-21-23-25-27-29-31-33-35-37-39-41-43-45-47-55-65-105-107-109-111-113-115-117-119-121-123-125-127-126-124-122-120-118-116-114-112-110-108-106-104/h58-61,67,69,71,74,77-78,103-104H,3-57,62-66,68,70H2,1-2H3,(H2,89,98)(H2,90,99)(H,91,100)(H,93,101)/t74-,77+,78-/m0/s1. The summed E-state index contributed by atoms with van der Waals surface area (Å²) in [5.41, 5.74) is 10.4. The molecule has 1 aromatic heterocycles.